The third-order valence-corrected chi connectivity index (χ3v) is 4.88. The number of hydrogen-bond acceptors (Lipinski definition) is 4. The van der Waals surface area contributed by atoms with E-state index in [0.29, 0.717) is 50.1 Å². The summed E-state index contributed by atoms with van der Waals surface area (Å²) < 4.78 is 1.73. The highest BCUT2D eigenvalue weighted by molar-refractivity contribution is 5.96. The molecule has 0 radical (unpaired) electrons. The van der Waals surface area contributed by atoms with Crippen molar-refractivity contribution in [1.29, 1.82) is 0 Å². The number of aliphatic carboxylic acids is 1. The lowest BCUT2D eigenvalue weighted by molar-refractivity contribution is -0.143. The Balaban J connectivity index is 1.49. The zero-order chi connectivity index (χ0) is 20.1. The molecule has 0 bridgehead atoms. The minimum atomic E-state index is -0.796. The van der Waals surface area contributed by atoms with Gasteiger partial charge in [0.25, 0.3) is 5.91 Å². The third-order valence-electron chi connectivity index (χ3n) is 4.88. The summed E-state index contributed by atoms with van der Waals surface area (Å²) in [4.78, 5) is 37.3. The Kier molecular flexibility index (Phi) is 6.08. The van der Waals surface area contributed by atoms with Gasteiger partial charge in [0, 0.05) is 43.5 Å². The Labute approximate surface area is 163 Å². The number of rotatable bonds is 6. The predicted molar refractivity (Wildman–Crippen MR) is 103 cm³/mol. The van der Waals surface area contributed by atoms with E-state index in [1.54, 1.807) is 40.0 Å². The zero-order valence-electron chi connectivity index (χ0n) is 15.8. The Hall–Kier alpha value is -3.16. The summed E-state index contributed by atoms with van der Waals surface area (Å²) in [6.45, 7) is 3.34. The van der Waals surface area contributed by atoms with Crippen LogP contribution in [0.15, 0.2) is 36.7 Å². The molecule has 8 nitrogen and oxygen atoms in total. The van der Waals surface area contributed by atoms with Gasteiger partial charge in [0.05, 0.1) is 12.1 Å². The first-order valence-corrected chi connectivity index (χ1v) is 9.33. The van der Waals surface area contributed by atoms with E-state index >= 15 is 0 Å². The Morgan fingerprint density at radius 2 is 1.86 bits per heavy atom. The first-order chi connectivity index (χ1) is 13.4. The minimum Gasteiger partial charge on any atom is -0.481 e. The maximum atomic E-state index is 12.6. The van der Waals surface area contributed by atoms with Crippen molar-refractivity contribution in [1.82, 2.24) is 14.7 Å². The van der Waals surface area contributed by atoms with Gasteiger partial charge in [0.15, 0.2) is 0 Å². The largest absolute Gasteiger partial charge is 0.481 e. The van der Waals surface area contributed by atoms with Gasteiger partial charge < -0.3 is 15.3 Å². The van der Waals surface area contributed by atoms with Crippen molar-refractivity contribution in [3.05, 3.63) is 47.8 Å². The summed E-state index contributed by atoms with van der Waals surface area (Å²) in [5.74, 6) is -1.40. The Morgan fingerprint density at radius 1 is 1.18 bits per heavy atom. The fraction of sp³-hybridized carbons (Fsp3) is 0.400. The molecule has 0 aliphatic carbocycles. The number of carbonyl (C=O) groups excluding carboxylic acids is 2. The van der Waals surface area contributed by atoms with Gasteiger partial charge in [-0.05, 0) is 49.6 Å². The van der Waals surface area contributed by atoms with Crippen molar-refractivity contribution >= 4 is 23.5 Å². The molecule has 1 aliphatic heterocycles. The number of anilines is 1. The number of aryl methyl sites for hydroxylation is 2. The lowest BCUT2D eigenvalue weighted by atomic mass is 9.96. The molecular weight excluding hydrogens is 360 g/mol. The van der Waals surface area contributed by atoms with E-state index in [-0.39, 0.29) is 17.7 Å². The first-order valence-electron chi connectivity index (χ1n) is 9.33. The molecule has 2 N–H and O–H groups in total. The zero-order valence-corrected chi connectivity index (χ0v) is 15.8. The fourth-order valence-electron chi connectivity index (χ4n) is 3.24. The van der Waals surface area contributed by atoms with Crippen molar-refractivity contribution in [3.63, 3.8) is 0 Å². The standard InChI is InChI=1S/C20H24N4O4/c1-14-12-21-24(13-14)11-8-18(25)22-17-4-2-15(3-5-17)19(26)23-9-6-16(7-10-23)20(27)28/h2-5,12-13,16H,6-11H2,1H3,(H,22,25)(H,27,28). The highest BCUT2D eigenvalue weighted by Gasteiger charge is 2.27. The number of benzene rings is 1. The number of carbonyl (C=O) groups is 3. The second-order valence-corrected chi connectivity index (χ2v) is 7.06. The van der Waals surface area contributed by atoms with Crippen LogP contribution in [0.5, 0.6) is 0 Å². The summed E-state index contributed by atoms with van der Waals surface area (Å²) >= 11 is 0. The summed E-state index contributed by atoms with van der Waals surface area (Å²) in [5.41, 5.74) is 2.20. The normalized spacial score (nSPS) is 14.7. The molecule has 1 aromatic heterocycles. The van der Waals surface area contributed by atoms with Gasteiger partial charge in [0.1, 0.15) is 0 Å². The minimum absolute atomic E-state index is 0.115. The number of hydrogen-bond donors (Lipinski definition) is 2. The number of amides is 2. The number of aromatic nitrogens is 2. The Bertz CT molecular complexity index is 851. The molecule has 1 aliphatic rings. The molecule has 0 saturated carbocycles. The number of nitrogens with zero attached hydrogens (tertiary/aromatic N) is 3. The second-order valence-electron chi connectivity index (χ2n) is 7.06. The summed E-state index contributed by atoms with van der Waals surface area (Å²) in [6, 6.07) is 6.76. The van der Waals surface area contributed by atoms with Crippen molar-refractivity contribution in [2.75, 3.05) is 18.4 Å². The first kappa shape index (κ1) is 19.6. The molecule has 1 saturated heterocycles. The maximum Gasteiger partial charge on any atom is 0.306 e. The highest BCUT2D eigenvalue weighted by Crippen LogP contribution is 2.20. The van der Waals surface area contributed by atoms with E-state index in [1.807, 2.05) is 13.1 Å². The van der Waals surface area contributed by atoms with Gasteiger partial charge >= 0.3 is 5.97 Å². The van der Waals surface area contributed by atoms with Crippen LogP contribution in [0.25, 0.3) is 0 Å². The molecule has 0 atom stereocenters. The lowest BCUT2D eigenvalue weighted by Crippen LogP contribution is -2.40. The number of nitrogens with one attached hydrogen (secondary N) is 1. The van der Waals surface area contributed by atoms with Crippen LogP contribution in [0, 0.1) is 12.8 Å². The van der Waals surface area contributed by atoms with E-state index < -0.39 is 5.97 Å². The molecule has 28 heavy (non-hydrogen) atoms. The molecule has 0 spiro atoms. The third kappa shape index (κ3) is 4.97. The number of carboxylic acid groups (broad SMARTS) is 1. The van der Waals surface area contributed by atoms with Crippen molar-refractivity contribution < 1.29 is 19.5 Å². The van der Waals surface area contributed by atoms with Crippen LogP contribution < -0.4 is 5.32 Å². The van der Waals surface area contributed by atoms with Gasteiger partial charge in [0.2, 0.25) is 5.91 Å². The van der Waals surface area contributed by atoms with Crippen molar-refractivity contribution in [2.45, 2.75) is 32.7 Å². The van der Waals surface area contributed by atoms with Gasteiger partial charge in [-0.3, -0.25) is 19.1 Å². The van der Waals surface area contributed by atoms with Crippen molar-refractivity contribution in [2.24, 2.45) is 5.92 Å². The lowest BCUT2D eigenvalue weighted by Gasteiger charge is -2.30. The maximum absolute atomic E-state index is 12.6. The number of likely N-dealkylation sites (tertiary alicyclic amines) is 1. The van der Waals surface area contributed by atoms with Crippen LogP contribution in [0.1, 0.15) is 35.2 Å². The number of piperidine rings is 1. The highest BCUT2D eigenvalue weighted by atomic mass is 16.4. The molecule has 2 amide bonds. The van der Waals surface area contributed by atoms with Crippen molar-refractivity contribution in [3.8, 4) is 0 Å². The van der Waals surface area contributed by atoms with Crippen LogP contribution >= 0.6 is 0 Å². The Morgan fingerprint density at radius 3 is 2.43 bits per heavy atom. The second kappa shape index (κ2) is 8.69. The van der Waals surface area contributed by atoms with Gasteiger partial charge in [-0.2, -0.15) is 5.10 Å². The van der Waals surface area contributed by atoms with Crippen LogP contribution in [0.4, 0.5) is 5.69 Å². The van der Waals surface area contributed by atoms with Crippen LogP contribution in [-0.4, -0.2) is 50.7 Å². The fourth-order valence-corrected chi connectivity index (χ4v) is 3.24. The van der Waals surface area contributed by atoms with Gasteiger partial charge in [-0.15, -0.1) is 0 Å². The molecule has 3 rings (SSSR count). The van der Waals surface area contributed by atoms with E-state index in [0.717, 1.165) is 5.56 Å². The molecular formula is C20H24N4O4. The quantitative estimate of drug-likeness (QED) is 0.794. The topological polar surface area (TPSA) is 105 Å². The molecule has 1 aromatic carbocycles. The smallest absolute Gasteiger partial charge is 0.306 e. The van der Waals surface area contributed by atoms with Crippen LogP contribution in [-0.2, 0) is 16.1 Å². The van der Waals surface area contributed by atoms with E-state index in [2.05, 4.69) is 10.4 Å². The molecule has 0 unspecified atom stereocenters. The average Bonchev–Trinajstić information content (AvgIpc) is 3.12. The molecule has 2 aromatic rings. The van der Waals surface area contributed by atoms with E-state index in [4.69, 9.17) is 5.11 Å². The summed E-state index contributed by atoms with van der Waals surface area (Å²) in [5, 5.41) is 16.0. The molecule has 2 heterocycles. The monoisotopic (exact) mass is 384 g/mol. The van der Waals surface area contributed by atoms with E-state index in [1.165, 1.54) is 0 Å². The molecule has 1 fully saturated rings. The summed E-state index contributed by atoms with van der Waals surface area (Å²) in [7, 11) is 0. The predicted octanol–water partition coefficient (Wildman–Crippen LogP) is 2.16. The van der Waals surface area contributed by atoms with E-state index in [9.17, 15) is 14.4 Å². The molecule has 8 heteroatoms. The van der Waals surface area contributed by atoms with Gasteiger partial charge in [-0.1, -0.05) is 0 Å². The van der Waals surface area contributed by atoms with Crippen LogP contribution in [0.3, 0.4) is 0 Å². The number of carboxylic acids is 1. The molecule has 148 valence electrons. The van der Waals surface area contributed by atoms with Gasteiger partial charge in [-0.25, -0.2) is 0 Å². The summed E-state index contributed by atoms with van der Waals surface area (Å²) in [6.07, 6.45) is 4.89. The average molecular weight is 384 g/mol. The SMILES string of the molecule is Cc1cnn(CCC(=O)Nc2ccc(C(=O)N3CCC(C(=O)O)CC3)cc2)c1. The van der Waals surface area contributed by atoms with Crippen LogP contribution in [0.2, 0.25) is 0 Å².